The highest BCUT2D eigenvalue weighted by Crippen LogP contribution is 2.26. The van der Waals surface area contributed by atoms with Crippen molar-refractivity contribution in [1.29, 1.82) is 0 Å². The molecule has 0 aromatic heterocycles. The SMILES string of the molecule is CCC(COC=O)CC(=O)OCC1CC(COC=O)N1C(C)=O. The summed E-state index contributed by atoms with van der Waals surface area (Å²) >= 11 is 0. The summed E-state index contributed by atoms with van der Waals surface area (Å²) in [6.45, 7) is 4.46. The highest BCUT2D eigenvalue weighted by Gasteiger charge is 2.41. The average molecular weight is 329 g/mol. The van der Waals surface area contributed by atoms with Gasteiger partial charge in [0.1, 0.15) is 13.2 Å². The molecule has 0 aliphatic carbocycles. The average Bonchev–Trinajstić information content (AvgIpc) is 2.49. The van der Waals surface area contributed by atoms with E-state index < -0.39 is 0 Å². The first-order chi connectivity index (χ1) is 11.0. The molecule has 1 amide bonds. The second-order valence-electron chi connectivity index (χ2n) is 5.49. The quantitative estimate of drug-likeness (QED) is 0.305. The molecule has 1 rings (SSSR count). The molecule has 8 heteroatoms. The molecule has 1 heterocycles. The molecule has 0 radical (unpaired) electrons. The Morgan fingerprint density at radius 2 is 1.83 bits per heavy atom. The van der Waals surface area contributed by atoms with Crippen molar-refractivity contribution in [2.45, 2.75) is 45.2 Å². The van der Waals surface area contributed by atoms with E-state index in [9.17, 15) is 19.2 Å². The maximum absolute atomic E-state index is 11.8. The van der Waals surface area contributed by atoms with Crippen LogP contribution in [-0.2, 0) is 33.4 Å². The lowest BCUT2D eigenvalue weighted by Gasteiger charge is -2.47. The van der Waals surface area contributed by atoms with Crippen molar-refractivity contribution in [3.8, 4) is 0 Å². The Morgan fingerprint density at radius 3 is 2.39 bits per heavy atom. The standard InChI is InChI=1S/C15H23NO7/c1-3-12(6-21-9-17)4-15(20)23-8-14-5-13(7-22-10-18)16(14)11(2)19/h9-10,12-14H,3-8H2,1-2H3. The summed E-state index contributed by atoms with van der Waals surface area (Å²) in [6, 6.07) is -0.353. The lowest BCUT2D eigenvalue weighted by atomic mass is 9.93. The normalized spacial score (nSPS) is 20.9. The van der Waals surface area contributed by atoms with Crippen molar-refractivity contribution in [3.05, 3.63) is 0 Å². The molecule has 0 bridgehead atoms. The van der Waals surface area contributed by atoms with Gasteiger partial charge in [-0.25, -0.2) is 0 Å². The molecule has 8 nitrogen and oxygen atoms in total. The third-order valence-corrected chi connectivity index (χ3v) is 3.92. The molecule has 1 saturated heterocycles. The molecule has 0 saturated carbocycles. The first kappa shape index (κ1) is 18.9. The summed E-state index contributed by atoms with van der Waals surface area (Å²) in [5.74, 6) is -0.614. The fourth-order valence-corrected chi connectivity index (χ4v) is 2.64. The molecule has 1 aliphatic rings. The zero-order valence-corrected chi connectivity index (χ0v) is 13.4. The van der Waals surface area contributed by atoms with E-state index in [2.05, 4.69) is 9.47 Å². The van der Waals surface area contributed by atoms with Gasteiger partial charge in [0.15, 0.2) is 0 Å². The number of esters is 1. The molecular formula is C15H23NO7. The number of carbonyl (C=O) groups excluding carboxylic acids is 4. The summed E-state index contributed by atoms with van der Waals surface area (Å²) in [4.78, 5) is 45.3. The van der Waals surface area contributed by atoms with Crippen LogP contribution in [0.15, 0.2) is 0 Å². The Bertz CT molecular complexity index is 426. The van der Waals surface area contributed by atoms with Gasteiger partial charge in [0.2, 0.25) is 5.91 Å². The number of nitrogens with zero attached hydrogens (tertiary/aromatic N) is 1. The van der Waals surface area contributed by atoms with E-state index in [0.717, 1.165) is 0 Å². The molecule has 130 valence electrons. The highest BCUT2D eigenvalue weighted by molar-refractivity contribution is 5.75. The minimum Gasteiger partial charge on any atom is -0.468 e. The van der Waals surface area contributed by atoms with Crippen LogP contribution in [0.5, 0.6) is 0 Å². The van der Waals surface area contributed by atoms with Crippen molar-refractivity contribution >= 4 is 24.8 Å². The fraction of sp³-hybridized carbons (Fsp3) is 0.733. The van der Waals surface area contributed by atoms with Crippen LogP contribution in [0.1, 0.15) is 33.1 Å². The fourth-order valence-electron chi connectivity index (χ4n) is 2.64. The summed E-state index contributed by atoms with van der Waals surface area (Å²) in [5, 5.41) is 0. The van der Waals surface area contributed by atoms with Crippen LogP contribution < -0.4 is 0 Å². The van der Waals surface area contributed by atoms with E-state index in [1.807, 2.05) is 6.92 Å². The van der Waals surface area contributed by atoms with E-state index in [1.165, 1.54) is 6.92 Å². The van der Waals surface area contributed by atoms with Gasteiger partial charge in [-0.1, -0.05) is 6.92 Å². The Hall–Kier alpha value is -2.12. The number of hydrogen-bond donors (Lipinski definition) is 0. The zero-order valence-electron chi connectivity index (χ0n) is 13.4. The monoisotopic (exact) mass is 329 g/mol. The van der Waals surface area contributed by atoms with Gasteiger partial charge in [-0.2, -0.15) is 0 Å². The van der Waals surface area contributed by atoms with Crippen molar-refractivity contribution < 1.29 is 33.4 Å². The predicted molar refractivity (Wildman–Crippen MR) is 78.1 cm³/mol. The molecule has 1 fully saturated rings. The largest absolute Gasteiger partial charge is 0.468 e. The molecule has 3 atom stereocenters. The predicted octanol–water partition coefficient (Wildman–Crippen LogP) is 0.281. The van der Waals surface area contributed by atoms with E-state index in [-0.39, 0.29) is 56.1 Å². The van der Waals surface area contributed by atoms with Crippen LogP contribution in [0, 0.1) is 5.92 Å². The number of hydrogen-bond acceptors (Lipinski definition) is 7. The smallest absolute Gasteiger partial charge is 0.306 e. The molecule has 0 spiro atoms. The van der Waals surface area contributed by atoms with Crippen LogP contribution in [0.4, 0.5) is 0 Å². The van der Waals surface area contributed by atoms with Gasteiger partial charge >= 0.3 is 5.97 Å². The van der Waals surface area contributed by atoms with Crippen LogP contribution in [0.2, 0.25) is 0 Å². The molecule has 3 unspecified atom stereocenters. The molecule has 1 aliphatic heterocycles. The Morgan fingerprint density at radius 1 is 1.17 bits per heavy atom. The van der Waals surface area contributed by atoms with Crippen molar-refractivity contribution in [2.24, 2.45) is 5.92 Å². The number of ether oxygens (including phenoxy) is 3. The highest BCUT2D eigenvalue weighted by atomic mass is 16.5. The Labute approximate surface area is 135 Å². The van der Waals surface area contributed by atoms with E-state index in [4.69, 9.17) is 4.74 Å². The third-order valence-electron chi connectivity index (χ3n) is 3.92. The molecular weight excluding hydrogens is 306 g/mol. The van der Waals surface area contributed by atoms with Gasteiger partial charge in [0, 0.05) is 12.8 Å². The van der Waals surface area contributed by atoms with E-state index >= 15 is 0 Å². The topological polar surface area (TPSA) is 99.2 Å². The Kier molecular flexibility index (Phi) is 8.07. The first-order valence-electron chi connectivity index (χ1n) is 7.58. The summed E-state index contributed by atoms with van der Waals surface area (Å²) in [5.41, 5.74) is 0. The Balaban J connectivity index is 2.36. The summed E-state index contributed by atoms with van der Waals surface area (Å²) in [7, 11) is 0. The van der Waals surface area contributed by atoms with Crippen LogP contribution >= 0.6 is 0 Å². The van der Waals surface area contributed by atoms with Crippen molar-refractivity contribution in [1.82, 2.24) is 4.90 Å². The molecule has 0 N–H and O–H groups in total. The van der Waals surface area contributed by atoms with Crippen LogP contribution in [0.3, 0.4) is 0 Å². The number of amides is 1. The van der Waals surface area contributed by atoms with Crippen molar-refractivity contribution in [3.63, 3.8) is 0 Å². The maximum Gasteiger partial charge on any atom is 0.306 e. The minimum absolute atomic E-state index is 0.0771. The second kappa shape index (κ2) is 9.81. The number of likely N-dealkylation sites (tertiary alicyclic amines) is 1. The lowest BCUT2D eigenvalue weighted by molar-refractivity contribution is -0.161. The molecule has 23 heavy (non-hydrogen) atoms. The van der Waals surface area contributed by atoms with Gasteiger partial charge in [-0.15, -0.1) is 0 Å². The van der Waals surface area contributed by atoms with Gasteiger partial charge < -0.3 is 19.1 Å². The van der Waals surface area contributed by atoms with E-state index in [1.54, 1.807) is 4.90 Å². The van der Waals surface area contributed by atoms with Gasteiger partial charge in [-0.3, -0.25) is 19.2 Å². The first-order valence-corrected chi connectivity index (χ1v) is 7.58. The zero-order chi connectivity index (χ0) is 17.2. The minimum atomic E-state index is -0.387. The molecule has 0 aromatic carbocycles. The maximum atomic E-state index is 11.8. The summed E-state index contributed by atoms with van der Waals surface area (Å²) in [6.07, 6.45) is 1.47. The van der Waals surface area contributed by atoms with Gasteiger partial charge in [0.05, 0.1) is 25.1 Å². The van der Waals surface area contributed by atoms with E-state index in [0.29, 0.717) is 25.8 Å². The van der Waals surface area contributed by atoms with Crippen molar-refractivity contribution in [2.75, 3.05) is 19.8 Å². The number of carbonyl (C=O) groups is 4. The number of rotatable bonds is 11. The van der Waals surface area contributed by atoms with Crippen LogP contribution in [-0.4, -0.2) is 61.6 Å². The van der Waals surface area contributed by atoms with Gasteiger partial charge in [0.25, 0.3) is 12.9 Å². The lowest BCUT2D eigenvalue weighted by Crippen LogP contribution is -2.61. The summed E-state index contributed by atoms with van der Waals surface area (Å²) < 4.78 is 14.5. The third kappa shape index (κ3) is 5.88. The molecule has 0 aromatic rings. The van der Waals surface area contributed by atoms with Crippen LogP contribution in [0.25, 0.3) is 0 Å². The second-order valence-corrected chi connectivity index (χ2v) is 5.49. The van der Waals surface area contributed by atoms with Gasteiger partial charge in [-0.05, 0) is 12.8 Å².